The van der Waals surface area contributed by atoms with Crippen LogP contribution in [0.5, 0.6) is 0 Å². The van der Waals surface area contributed by atoms with E-state index in [0.29, 0.717) is 6.42 Å². The fraction of sp³-hybridized carbons (Fsp3) is 0.188. The highest BCUT2D eigenvalue weighted by Gasteiger charge is 2.09. The maximum atomic E-state index is 12.2. The molecule has 0 amide bonds. The molecule has 0 spiro atoms. The lowest BCUT2D eigenvalue weighted by molar-refractivity contribution is 0.0992. The Kier molecular flexibility index (Phi) is 4.21. The Morgan fingerprint density at radius 3 is 2.33 bits per heavy atom. The summed E-state index contributed by atoms with van der Waals surface area (Å²) in [5.41, 5.74) is 2.94. The van der Waals surface area contributed by atoms with Crippen molar-refractivity contribution >= 4 is 17.5 Å². The number of aryl methyl sites for hydroxylation is 1. The van der Waals surface area contributed by atoms with Crippen molar-refractivity contribution < 1.29 is 4.79 Å². The summed E-state index contributed by atoms with van der Waals surface area (Å²) in [6, 6.07) is 15.9. The maximum absolute atomic E-state index is 12.2. The van der Waals surface area contributed by atoms with E-state index >= 15 is 0 Å². The second-order valence-corrected chi connectivity index (χ2v) is 5.14. The zero-order valence-electron chi connectivity index (χ0n) is 10.6. The highest BCUT2D eigenvalue weighted by molar-refractivity contribution is 7.98. The van der Waals surface area contributed by atoms with Gasteiger partial charge in [-0.1, -0.05) is 36.4 Å². The monoisotopic (exact) mass is 256 g/mol. The van der Waals surface area contributed by atoms with E-state index in [9.17, 15) is 4.79 Å². The van der Waals surface area contributed by atoms with E-state index in [1.54, 1.807) is 11.8 Å². The highest BCUT2D eigenvalue weighted by Crippen LogP contribution is 2.17. The van der Waals surface area contributed by atoms with Gasteiger partial charge >= 0.3 is 0 Å². The van der Waals surface area contributed by atoms with E-state index in [4.69, 9.17) is 0 Å². The van der Waals surface area contributed by atoms with Crippen LogP contribution in [0.1, 0.15) is 21.5 Å². The Bertz CT molecular complexity index is 543. The summed E-state index contributed by atoms with van der Waals surface area (Å²) in [5, 5.41) is 0. The number of hydrogen-bond acceptors (Lipinski definition) is 2. The van der Waals surface area contributed by atoms with Crippen LogP contribution in [-0.4, -0.2) is 12.0 Å². The van der Waals surface area contributed by atoms with Crippen LogP contribution < -0.4 is 0 Å². The number of Topliss-reactive ketones (excluding diaryl/α,β-unsaturated/α-hetero) is 1. The number of ketones is 1. The van der Waals surface area contributed by atoms with E-state index in [1.165, 1.54) is 4.90 Å². The van der Waals surface area contributed by atoms with Gasteiger partial charge in [0.15, 0.2) is 5.78 Å². The predicted octanol–water partition coefficient (Wildman–Crippen LogP) is 4.14. The molecule has 2 aromatic carbocycles. The van der Waals surface area contributed by atoms with Crippen molar-refractivity contribution in [1.29, 1.82) is 0 Å². The number of benzene rings is 2. The third-order valence-corrected chi connectivity index (χ3v) is 3.71. The van der Waals surface area contributed by atoms with Crippen LogP contribution in [0.3, 0.4) is 0 Å². The van der Waals surface area contributed by atoms with Crippen LogP contribution in [0, 0.1) is 6.92 Å². The number of rotatable bonds is 4. The second-order valence-electron chi connectivity index (χ2n) is 4.26. The molecule has 0 aromatic heterocycles. The molecule has 0 aliphatic heterocycles. The molecule has 0 aliphatic rings. The number of thioether (sulfide) groups is 1. The number of carbonyl (C=O) groups excluding carboxylic acids is 1. The summed E-state index contributed by atoms with van der Waals surface area (Å²) in [4.78, 5) is 13.4. The lowest BCUT2D eigenvalue weighted by Crippen LogP contribution is -2.05. The first-order valence-electron chi connectivity index (χ1n) is 5.92. The quantitative estimate of drug-likeness (QED) is 0.604. The lowest BCUT2D eigenvalue weighted by Gasteiger charge is -2.05. The summed E-state index contributed by atoms with van der Waals surface area (Å²) in [7, 11) is 0. The molecule has 0 radical (unpaired) electrons. The summed E-state index contributed by atoms with van der Waals surface area (Å²) in [6.45, 7) is 1.98. The van der Waals surface area contributed by atoms with Crippen molar-refractivity contribution in [3.05, 3.63) is 65.2 Å². The van der Waals surface area contributed by atoms with Gasteiger partial charge in [-0.05, 0) is 36.4 Å². The first-order valence-corrected chi connectivity index (χ1v) is 7.15. The van der Waals surface area contributed by atoms with Crippen LogP contribution in [0.25, 0.3) is 0 Å². The van der Waals surface area contributed by atoms with Crippen LogP contribution in [0.4, 0.5) is 0 Å². The standard InChI is InChI=1S/C16H16OS/c1-12-5-3-4-6-15(12)16(17)11-13-7-9-14(18-2)10-8-13/h3-10H,11H2,1-2H3. The average molecular weight is 256 g/mol. The van der Waals surface area contributed by atoms with E-state index in [2.05, 4.69) is 12.1 Å². The average Bonchev–Trinajstić information content (AvgIpc) is 2.40. The van der Waals surface area contributed by atoms with Crippen molar-refractivity contribution in [2.75, 3.05) is 6.26 Å². The van der Waals surface area contributed by atoms with Crippen molar-refractivity contribution in [3.63, 3.8) is 0 Å². The minimum absolute atomic E-state index is 0.185. The van der Waals surface area contributed by atoms with Crippen LogP contribution >= 0.6 is 11.8 Å². The largest absolute Gasteiger partial charge is 0.294 e. The summed E-state index contributed by atoms with van der Waals surface area (Å²) in [6.07, 6.45) is 2.52. The predicted molar refractivity (Wildman–Crippen MR) is 77.4 cm³/mol. The minimum atomic E-state index is 0.185. The Labute approximate surface area is 112 Å². The topological polar surface area (TPSA) is 17.1 Å². The summed E-state index contributed by atoms with van der Waals surface area (Å²) >= 11 is 1.71. The lowest BCUT2D eigenvalue weighted by atomic mass is 9.99. The molecular weight excluding hydrogens is 240 g/mol. The molecule has 2 aromatic rings. The van der Waals surface area contributed by atoms with Crippen LogP contribution in [0.2, 0.25) is 0 Å². The molecule has 0 N–H and O–H groups in total. The molecule has 0 aliphatic carbocycles. The molecule has 0 fully saturated rings. The van der Waals surface area contributed by atoms with Crippen molar-refractivity contribution in [2.24, 2.45) is 0 Å². The van der Waals surface area contributed by atoms with Gasteiger partial charge < -0.3 is 0 Å². The highest BCUT2D eigenvalue weighted by atomic mass is 32.2. The third kappa shape index (κ3) is 3.02. The Morgan fingerprint density at radius 1 is 1.06 bits per heavy atom. The molecule has 0 unspecified atom stereocenters. The van der Waals surface area contributed by atoms with Gasteiger partial charge in [0.05, 0.1) is 0 Å². The molecular formula is C16H16OS. The van der Waals surface area contributed by atoms with E-state index in [-0.39, 0.29) is 5.78 Å². The molecule has 0 bridgehead atoms. The molecule has 1 nitrogen and oxygen atoms in total. The minimum Gasteiger partial charge on any atom is -0.294 e. The van der Waals surface area contributed by atoms with Gasteiger partial charge in [-0.2, -0.15) is 0 Å². The van der Waals surface area contributed by atoms with E-state index in [1.807, 2.05) is 49.6 Å². The van der Waals surface area contributed by atoms with Crippen LogP contribution in [-0.2, 0) is 6.42 Å². The SMILES string of the molecule is CSc1ccc(CC(=O)c2ccccc2C)cc1. The summed E-state index contributed by atoms with van der Waals surface area (Å²) in [5.74, 6) is 0.185. The third-order valence-electron chi connectivity index (χ3n) is 2.97. The molecule has 0 saturated heterocycles. The molecule has 2 rings (SSSR count). The maximum Gasteiger partial charge on any atom is 0.167 e. The Hall–Kier alpha value is -1.54. The zero-order chi connectivity index (χ0) is 13.0. The fourth-order valence-corrected chi connectivity index (χ4v) is 2.32. The smallest absolute Gasteiger partial charge is 0.167 e. The van der Waals surface area contributed by atoms with Gasteiger partial charge in [0.2, 0.25) is 0 Å². The van der Waals surface area contributed by atoms with Gasteiger partial charge in [-0.25, -0.2) is 0 Å². The van der Waals surface area contributed by atoms with Crippen LogP contribution in [0.15, 0.2) is 53.4 Å². The molecule has 0 atom stereocenters. The first-order chi connectivity index (χ1) is 8.70. The van der Waals surface area contributed by atoms with Gasteiger partial charge in [0, 0.05) is 16.9 Å². The molecule has 0 heterocycles. The summed E-state index contributed by atoms with van der Waals surface area (Å²) < 4.78 is 0. The van der Waals surface area contributed by atoms with E-state index < -0.39 is 0 Å². The Balaban J connectivity index is 2.14. The Morgan fingerprint density at radius 2 is 1.72 bits per heavy atom. The van der Waals surface area contributed by atoms with Crippen molar-refractivity contribution in [1.82, 2.24) is 0 Å². The van der Waals surface area contributed by atoms with Gasteiger partial charge in [-0.3, -0.25) is 4.79 Å². The molecule has 92 valence electrons. The van der Waals surface area contributed by atoms with E-state index in [0.717, 1.165) is 16.7 Å². The van der Waals surface area contributed by atoms with Crippen molar-refractivity contribution in [2.45, 2.75) is 18.2 Å². The molecule has 18 heavy (non-hydrogen) atoms. The van der Waals surface area contributed by atoms with Gasteiger partial charge in [0.25, 0.3) is 0 Å². The fourth-order valence-electron chi connectivity index (χ4n) is 1.91. The molecule has 0 saturated carbocycles. The normalized spacial score (nSPS) is 10.3. The first kappa shape index (κ1) is 12.9. The number of carbonyl (C=O) groups is 1. The van der Waals surface area contributed by atoms with Gasteiger partial charge in [0.1, 0.15) is 0 Å². The second kappa shape index (κ2) is 5.87. The van der Waals surface area contributed by atoms with Crippen molar-refractivity contribution in [3.8, 4) is 0 Å². The number of hydrogen-bond donors (Lipinski definition) is 0. The van der Waals surface area contributed by atoms with Gasteiger partial charge in [-0.15, -0.1) is 11.8 Å². The zero-order valence-corrected chi connectivity index (χ0v) is 11.5. The molecule has 2 heteroatoms.